The normalized spacial score (nSPS) is 14.2. The molecule has 33 heavy (non-hydrogen) atoms. The lowest BCUT2D eigenvalue weighted by atomic mass is 9.95. The number of hydrogen-bond acceptors (Lipinski definition) is 5. The summed E-state index contributed by atoms with van der Waals surface area (Å²) in [6.45, 7) is 0. The van der Waals surface area contributed by atoms with Crippen LogP contribution in [0.2, 0.25) is 0 Å². The molecule has 0 unspecified atom stereocenters. The first-order valence-corrected chi connectivity index (χ1v) is 12.8. The molecule has 0 bridgehead atoms. The van der Waals surface area contributed by atoms with E-state index < -0.39 is 0 Å². The quantitative estimate of drug-likeness (QED) is 0.330. The van der Waals surface area contributed by atoms with Crippen LogP contribution in [0.1, 0.15) is 56.3 Å². The number of rotatable bonds is 10. The minimum Gasteiger partial charge on any atom is -0.497 e. The van der Waals surface area contributed by atoms with E-state index in [-0.39, 0.29) is 5.91 Å². The number of methoxy groups -OCH3 is 1. The summed E-state index contributed by atoms with van der Waals surface area (Å²) in [6.07, 6.45) is 8.06. The number of amides is 1. The third-order valence-electron chi connectivity index (χ3n) is 5.99. The number of thioether (sulfide) groups is 1. The van der Waals surface area contributed by atoms with Gasteiger partial charge in [0.25, 0.3) is 0 Å². The predicted molar refractivity (Wildman–Crippen MR) is 132 cm³/mol. The van der Waals surface area contributed by atoms with Gasteiger partial charge >= 0.3 is 0 Å². The van der Waals surface area contributed by atoms with Crippen LogP contribution in [-0.4, -0.2) is 39.6 Å². The molecule has 0 radical (unpaired) electrons. The summed E-state index contributed by atoms with van der Waals surface area (Å²) in [7, 11) is 1.67. The first kappa shape index (κ1) is 23.4. The van der Waals surface area contributed by atoms with E-state index in [9.17, 15) is 4.79 Å². The number of carbonyl (C=O) groups is 1. The van der Waals surface area contributed by atoms with Gasteiger partial charge in [-0.1, -0.05) is 61.4 Å². The maximum absolute atomic E-state index is 12.3. The fraction of sp³-hybridized carbons (Fsp3) is 0.423. The Hall–Kier alpha value is -2.80. The van der Waals surface area contributed by atoms with Gasteiger partial charge in [0.1, 0.15) is 11.6 Å². The van der Waals surface area contributed by atoms with Gasteiger partial charge in [0.2, 0.25) is 5.91 Å². The van der Waals surface area contributed by atoms with Crippen LogP contribution >= 0.6 is 11.8 Å². The average Bonchev–Trinajstić information content (AvgIpc) is 3.25. The highest BCUT2D eigenvalue weighted by molar-refractivity contribution is 7.99. The Morgan fingerprint density at radius 3 is 2.55 bits per heavy atom. The van der Waals surface area contributed by atoms with Gasteiger partial charge in [0, 0.05) is 30.3 Å². The molecule has 1 amide bonds. The molecule has 4 rings (SSSR count). The minimum absolute atomic E-state index is 0.170. The summed E-state index contributed by atoms with van der Waals surface area (Å²) in [5.74, 6) is 2.69. The second-order valence-corrected chi connectivity index (χ2v) is 9.51. The van der Waals surface area contributed by atoms with Crippen molar-refractivity contribution in [3.63, 3.8) is 0 Å². The Balaban J connectivity index is 1.40. The predicted octanol–water partition coefficient (Wildman–Crippen LogP) is 5.19. The zero-order valence-corrected chi connectivity index (χ0v) is 20.0. The Morgan fingerprint density at radius 2 is 1.82 bits per heavy atom. The van der Waals surface area contributed by atoms with Crippen molar-refractivity contribution in [2.24, 2.45) is 0 Å². The smallest absolute Gasteiger partial charge is 0.220 e. The Labute approximate surface area is 200 Å². The van der Waals surface area contributed by atoms with E-state index in [4.69, 9.17) is 4.74 Å². The Bertz CT molecular complexity index is 1010. The highest BCUT2D eigenvalue weighted by Crippen LogP contribution is 2.26. The molecule has 2 aromatic carbocycles. The SMILES string of the molecule is COc1ccc(-n2c(Cc3ccccc3)nnc2SCCCC(=O)NC2CCCCC2)cc1. The maximum Gasteiger partial charge on any atom is 0.220 e. The molecular weight excluding hydrogens is 432 g/mol. The van der Waals surface area contributed by atoms with E-state index in [1.165, 1.54) is 24.8 Å². The molecule has 174 valence electrons. The molecule has 1 aliphatic rings. The Morgan fingerprint density at radius 1 is 1.06 bits per heavy atom. The van der Waals surface area contributed by atoms with Crippen LogP contribution in [-0.2, 0) is 11.2 Å². The number of nitrogens with one attached hydrogen (secondary N) is 1. The van der Waals surface area contributed by atoms with Crippen molar-refractivity contribution in [3.05, 3.63) is 66.0 Å². The standard InChI is InChI=1S/C26H32N4O2S/c1-32-23-16-14-22(15-17-23)30-24(19-20-9-4-2-5-10-20)28-29-26(30)33-18-8-13-25(31)27-21-11-6-3-7-12-21/h2,4-5,9-10,14-17,21H,3,6-8,11-13,18-19H2,1H3,(H,27,31). The zero-order chi connectivity index (χ0) is 22.9. The van der Waals surface area contributed by atoms with Gasteiger partial charge in [-0.15, -0.1) is 10.2 Å². The number of aromatic nitrogens is 3. The molecular formula is C26H32N4O2S. The van der Waals surface area contributed by atoms with Crippen LogP contribution in [0.4, 0.5) is 0 Å². The van der Waals surface area contributed by atoms with Gasteiger partial charge in [-0.25, -0.2) is 0 Å². The molecule has 7 heteroatoms. The van der Waals surface area contributed by atoms with E-state index >= 15 is 0 Å². The van der Waals surface area contributed by atoms with Crippen molar-refractivity contribution in [2.75, 3.05) is 12.9 Å². The molecule has 1 N–H and O–H groups in total. The van der Waals surface area contributed by atoms with Crippen molar-refractivity contribution >= 4 is 17.7 Å². The lowest BCUT2D eigenvalue weighted by Gasteiger charge is -2.22. The van der Waals surface area contributed by atoms with Crippen LogP contribution < -0.4 is 10.1 Å². The summed E-state index contributed by atoms with van der Waals surface area (Å²) in [4.78, 5) is 12.3. The third-order valence-corrected chi connectivity index (χ3v) is 7.00. The largest absolute Gasteiger partial charge is 0.497 e. The van der Waals surface area contributed by atoms with Crippen molar-refractivity contribution in [1.82, 2.24) is 20.1 Å². The number of carbonyl (C=O) groups excluding carboxylic acids is 1. The lowest BCUT2D eigenvalue weighted by molar-refractivity contribution is -0.122. The van der Waals surface area contributed by atoms with Crippen molar-refractivity contribution in [3.8, 4) is 11.4 Å². The minimum atomic E-state index is 0.170. The molecule has 1 saturated carbocycles. The van der Waals surface area contributed by atoms with Crippen molar-refractivity contribution in [1.29, 1.82) is 0 Å². The summed E-state index contributed by atoms with van der Waals surface area (Å²) in [5.41, 5.74) is 2.19. The number of hydrogen-bond donors (Lipinski definition) is 1. The number of benzene rings is 2. The van der Waals surface area contributed by atoms with Gasteiger partial charge in [-0.2, -0.15) is 0 Å². The molecule has 0 spiro atoms. The van der Waals surface area contributed by atoms with Crippen LogP contribution in [0.3, 0.4) is 0 Å². The molecule has 0 aliphatic heterocycles. The lowest BCUT2D eigenvalue weighted by Crippen LogP contribution is -2.36. The molecule has 1 fully saturated rings. The Kier molecular flexibility index (Phi) is 8.41. The van der Waals surface area contributed by atoms with E-state index in [1.807, 2.05) is 42.5 Å². The van der Waals surface area contributed by atoms with Crippen LogP contribution in [0.5, 0.6) is 5.75 Å². The van der Waals surface area contributed by atoms with E-state index in [0.717, 1.165) is 47.4 Å². The molecule has 6 nitrogen and oxygen atoms in total. The molecule has 3 aromatic rings. The highest BCUT2D eigenvalue weighted by Gasteiger charge is 2.17. The number of nitrogens with zero attached hydrogens (tertiary/aromatic N) is 3. The summed E-state index contributed by atoms with van der Waals surface area (Å²) in [6, 6.07) is 18.6. The first-order chi connectivity index (χ1) is 16.2. The van der Waals surface area contributed by atoms with Gasteiger partial charge in [-0.05, 0) is 49.1 Å². The molecule has 0 saturated heterocycles. The van der Waals surface area contributed by atoms with E-state index in [2.05, 4.69) is 32.2 Å². The van der Waals surface area contributed by atoms with Gasteiger partial charge in [0.05, 0.1) is 7.11 Å². The summed E-state index contributed by atoms with van der Waals surface area (Å²) in [5, 5.41) is 13.0. The summed E-state index contributed by atoms with van der Waals surface area (Å²) >= 11 is 1.65. The fourth-order valence-corrected chi connectivity index (χ4v) is 5.13. The van der Waals surface area contributed by atoms with E-state index in [1.54, 1.807) is 18.9 Å². The van der Waals surface area contributed by atoms with Gasteiger partial charge in [-0.3, -0.25) is 9.36 Å². The van der Waals surface area contributed by atoms with E-state index in [0.29, 0.717) is 18.9 Å². The van der Waals surface area contributed by atoms with Crippen LogP contribution in [0.25, 0.3) is 5.69 Å². The van der Waals surface area contributed by atoms with Crippen molar-refractivity contribution < 1.29 is 9.53 Å². The monoisotopic (exact) mass is 464 g/mol. The molecule has 0 atom stereocenters. The molecule has 1 aliphatic carbocycles. The second kappa shape index (κ2) is 11.9. The molecule has 1 aromatic heterocycles. The average molecular weight is 465 g/mol. The second-order valence-electron chi connectivity index (χ2n) is 8.45. The summed E-state index contributed by atoms with van der Waals surface area (Å²) < 4.78 is 7.43. The van der Waals surface area contributed by atoms with Crippen molar-refractivity contribution in [2.45, 2.75) is 62.6 Å². The first-order valence-electron chi connectivity index (χ1n) is 11.8. The molecule has 1 heterocycles. The van der Waals surface area contributed by atoms with Gasteiger partial charge in [0.15, 0.2) is 5.16 Å². The zero-order valence-electron chi connectivity index (χ0n) is 19.2. The van der Waals surface area contributed by atoms with Crippen LogP contribution in [0, 0.1) is 0 Å². The third kappa shape index (κ3) is 6.60. The highest BCUT2D eigenvalue weighted by atomic mass is 32.2. The topological polar surface area (TPSA) is 69.0 Å². The fourth-order valence-electron chi connectivity index (χ4n) is 4.22. The van der Waals surface area contributed by atoms with Gasteiger partial charge < -0.3 is 10.1 Å². The number of ether oxygens (including phenoxy) is 1. The van der Waals surface area contributed by atoms with Crippen LogP contribution in [0.15, 0.2) is 59.8 Å². The maximum atomic E-state index is 12.3.